The van der Waals surface area contributed by atoms with Crippen molar-refractivity contribution in [2.75, 3.05) is 6.54 Å². The molecule has 3 amide bonds. The highest BCUT2D eigenvalue weighted by molar-refractivity contribution is 5.91. The molecule has 4 N–H and O–H groups in total. The van der Waals surface area contributed by atoms with Gasteiger partial charge in [0.05, 0.1) is 0 Å². The summed E-state index contributed by atoms with van der Waals surface area (Å²) in [5, 5.41) is 12.6. The molecule has 8 nitrogen and oxygen atoms in total. The van der Waals surface area contributed by atoms with Crippen molar-refractivity contribution in [1.82, 2.24) is 10.2 Å². The number of nitrogens with zero attached hydrogens (tertiary/aromatic N) is 1. The van der Waals surface area contributed by atoms with Crippen LogP contribution in [-0.4, -0.2) is 52.1 Å². The third kappa shape index (κ3) is 8.59. The zero-order chi connectivity index (χ0) is 27.0. The first-order chi connectivity index (χ1) is 16.8. The molecule has 36 heavy (non-hydrogen) atoms. The molecule has 2 rings (SSSR count). The monoisotopic (exact) mass is 497 g/mol. The van der Waals surface area contributed by atoms with E-state index in [4.69, 9.17) is 10.5 Å². The molecule has 0 saturated carbocycles. The SMILES string of the molecule is Cc1cc(O)cc(C)c1C[C@@H](NC(=O)OC(C)(C)C)C(=O)N(CCCc1ccccc1)[C@H](C)C(N)=O. The number of benzene rings is 2. The van der Waals surface area contributed by atoms with Gasteiger partial charge in [0.2, 0.25) is 11.8 Å². The van der Waals surface area contributed by atoms with Crippen molar-refractivity contribution < 1.29 is 24.2 Å². The van der Waals surface area contributed by atoms with Crippen LogP contribution in [0.3, 0.4) is 0 Å². The summed E-state index contributed by atoms with van der Waals surface area (Å²) in [6, 6.07) is 11.2. The van der Waals surface area contributed by atoms with Crippen LogP contribution in [0.5, 0.6) is 5.75 Å². The predicted octanol–water partition coefficient (Wildman–Crippen LogP) is 3.78. The number of phenols is 1. The fourth-order valence-corrected chi connectivity index (χ4v) is 4.09. The maximum absolute atomic E-state index is 13.8. The van der Waals surface area contributed by atoms with Gasteiger partial charge in [0.25, 0.3) is 0 Å². The fourth-order valence-electron chi connectivity index (χ4n) is 4.09. The number of nitrogens with two attached hydrogens (primary N) is 1. The van der Waals surface area contributed by atoms with Gasteiger partial charge in [-0.15, -0.1) is 0 Å². The number of carbonyl (C=O) groups excluding carboxylic acids is 3. The molecule has 0 aliphatic carbocycles. The van der Waals surface area contributed by atoms with E-state index in [1.165, 1.54) is 4.90 Å². The minimum atomic E-state index is -1.000. The van der Waals surface area contributed by atoms with Gasteiger partial charge in [0.15, 0.2) is 0 Å². The van der Waals surface area contributed by atoms with Crippen LogP contribution < -0.4 is 11.1 Å². The first kappa shape index (κ1) is 28.7. The van der Waals surface area contributed by atoms with Crippen molar-refractivity contribution in [2.45, 2.75) is 78.5 Å². The van der Waals surface area contributed by atoms with E-state index in [-0.39, 0.29) is 18.7 Å². The lowest BCUT2D eigenvalue weighted by atomic mass is 9.95. The highest BCUT2D eigenvalue weighted by Crippen LogP contribution is 2.23. The third-order valence-electron chi connectivity index (χ3n) is 5.95. The molecule has 0 fully saturated rings. The standard InChI is InChI=1S/C28H39N3O5/c1-18-15-22(32)16-19(2)23(18)17-24(30-27(35)36-28(4,5)6)26(34)31(20(3)25(29)33)14-10-13-21-11-8-7-9-12-21/h7-9,11-12,15-16,20,24,32H,10,13-14,17H2,1-6H3,(H2,29,33)(H,30,35)/t20-,24-/m1/s1. The van der Waals surface area contributed by atoms with E-state index in [9.17, 15) is 19.5 Å². The molecular formula is C28H39N3O5. The Kier molecular flexibility index (Phi) is 9.90. The van der Waals surface area contributed by atoms with E-state index in [2.05, 4.69) is 5.32 Å². The molecule has 0 saturated heterocycles. The van der Waals surface area contributed by atoms with Crippen LogP contribution in [0.2, 0.25) is 0 Å². The van der Waals surface area contributed by atoms with Crippen LogP contribution in [-0.2, 0) is 27.2 Å². The Morgan fingerprint density at radius 3 is 2.19 bits per heavy atom. The largest absolute Gasteiger partial charge is 0.508 e. The van der Waals surface area contributed by atoms with E-state index in [1.54, 1.807) is 39.8 Å². The van der Waals surface area contributed by atoms with E-state index in [1.807, 2.05) is 44.2 Å². The van der Waals surface area contributed by atoms with Gasteiger partial charge in [-0.2, -0.15) is 0 Å². The van der Waals surface area contributed by atoms with Gasteiger partial charge in [-0.3, -0.25) is 9.59 Å². The Morgan fingerprint density at radius 1 is 1.08 bits per heavy atom. The van der Waals surface area contributed by atoms with E-state index >= 15 is 0 Å². The fraction of sp³-hybridized carbons (Fsp3) is 0.464. The molecule has 8 heteroatoms. The lowest BCUT2D eigenvalue weighted by Gasteiger charge is -2.32. The van der Waals surface area contributed by atoms with E-state index < -0.39 is 35.6 Å². The number of amides is 3. The van der Waals surface area contributed by atoms with E-state index in [0.29, 0.717) is 6.42 Å². The van der Waals surface area contributed by atoms with Gasteiger partial charge < -0.3 is 25.8 Å². The summed E-state index contributed by atoms with van der Waals surface area (Å²) in [6.45, 7) is 10.8. The molecule has 0 aromatic heterocycles. The molecule has 0 bridgehead atoms. The Labute approximate surface area is 213 Å². The zero-order valence-electron chi connectivity index (χ0n) is 22.1. The Morgan fingerprint density at radius 2 is 1.67 bits per heavy atom. The van der Waals surface area contributed by atoms with Gasteiger partial charge in [-0.05, 0) is 88.8 Å². The number of ether oxygens (including phenoxy) is 1. The normalized spacial score (nSPS) is 12.9. The van der Waals surface area contributed by atoms with Crippen molar-refractivity contribution in [3.8, 4) is 5.75 Å². The number of nitrogens with one attached hydrogen (secondary N) is 1. The zero-order valence-corrected chi connectivity index (χ0v) is 22.1. The number of aryl methyl sites for hydroxylation is 3. The second-order valence-corrected chi connectivity index (χ2v) is 10.2. The number of hydrogen-bond donors (Lipinski definition) is 3. The van der Waals surface area contributed by atoms with Crippen molar-refractivity contribution in [3.63, 3.8) is 0 Å². The molecular weight excluding hydrogens is 458 g/mol. The number of alkyl carbamates (subject to hydrolysis) is 1. The van der Waals surface area contributed by atoms with Crippen molar-refractivity contribution in [3.05, 3.63) is 64.7 Å². The van der Waals surface area contributed by atoms with Crippen LogP contribution in [0.1, 0.15) is 56.4 Å². The summed E-state index contributed by atoms with van der Waals surface area (Å²) >= 11 is 0. The number of primary amides is 1. The summed E-state index contributed by atoms with van der Waals surface area (Å²) in [6.07, 6.45) is 0.766. The lowest BCUT2D eigenvalue weighted by molar-refractivity contribution is -0.140. The number of phenolic OH excluding ortho intramolecular Hbond substituents is 1. The summed E-state index contributed by atoms with van der Waals surface area (Å²) < 4.78 is 5.41. The van der Waals surface area contributed by atoms with Gasteiger partial charge in [0.1, 0.15) is 23.4 Å². The third-order valence-corrected chi connectivity index (χ3v) is 5.95. The maximum Gasteiger partial charge on any atom is 0.408 e. The Bertz CT molecular complexity index is 1040. The maximum atomic E-state index is 13.8. The van der Waals surface area contributed by atoms with Gasteiger partial charge >= 0.3 is 6.09 Å². The second-order valence-electron chi connectivity index (χ2n) is 10.2. The van der Waals surface area contributed by atoms with Crippen LogP contribution in [0.25, 0.3) is 0 Å². The average molecular weight is 498 g/mol. The molecule has 0 aliphatic heterocycles. The molecule has 196 valence electrons. The van der Waals surface area contributed by atoms with Gasteiger partial charge in [-0.1, -0.05) is 30.3 Å². The topological polar surface area (TPSA) is 122 Å². The van der Waals surface area contributed by atoms with Crippen molar-refractivity contribution in [2.24, 2.45) is 5.73 Å². The summed E-state index contributed by atoms with van der Waals surface area (Å²) in [7, 11) is 0. The number of rotatable bonds is 10. The number of aromatic hydroxyl groups is 1. The molecule has 0 heterocycles. The number of carbonyl (C=O) groups is 3. The molecule has 0 radical (unpaired) electrons. The minimum Gasteiger partial charge on any atom is -0.508 e. The van der Waals surface area contributed by atoms with Gasteiger partial charge in [-0.25, -0.2) is 4.79 Å². The molecule has 2 aromatic rings. The van der Waals surface area contributed by atoms with Crippen LogP contribution >= 0.6 is 0 Å². The van der Waals surface area contributed by atoms with Crippen molar-refractivity contribution >= 4 is 17.9 Å². The van der Waals surface area contributed by atoms with Crippen LogP contribution in [0.15, 0.2) is 42.5 Å². The Hall–Kier alpha value is -3.55. The molecule has 0 aliphatic rings. The highest BCUT2D eigenvalue weighted by Gasteiger charge is 2.33. The minimum absolute atomic E-state index is 0.126. The molecule has 2 aromatic carbocycles. The smallest absolute Gasteiger partial charge is 0.408 e. The molecule has 0 unspecified atom stereocenters. The van der Waals surface area contributed by atoms with E-state index in [0.717, 1.165) is 28.7 Å². The number of hydrogen-bond acceptors (Lipinski definition) is 5. The highest BCUT2D eigenvalue weighted by atomic mass is 16.6. The molecule has 2 atom stereocenters. The first-order valence-electron chi connectivity index (χ1n) is 12.2. The second kappa shape index (κ2) is 12.4. The predicted molar refractivity (Wildman–Crippen MR) is 140 cm³/mol. The molecule has 0 spiro atoms. The quantitative estimate of drug-likeness (QED) is 0.461. The summed E-state index contributed by atoms with van der Waals surface area (Å²) in [4.78, 5) is 40.0. The average Bonchev–Trinajstić information content (AvgIpc) is 2.76. The van der Waals surface area contributed by atoms with Gasteiger partial charge in [0, 0.05) is 13.0 Å². The van der Waals surface area contributed by atoms with Crippen molar-refractivity contribution in [1.29, 1.82) is 0 Å². The first-order valence-corrected chi connectivity index (χ1v) is 12.2. The van der Waals surface area contributed by atoms with Crippen LogP contribution in [0.4, 0.5) is 4.79 Å². The van der Waals surface area contributed by atoms with Crippen LogP contribution in [0, 0.1) is 13.8 Å². The summed E-state index contributed by atoms with van der Waals surface area (Å²) in [5.74, 6) is -0.926. The lowest BCUT2D eigenvalue weighted by Crippen LogP contribution is -2.55. The Balaban J connectivity index is 2.34. The summed E-state index contributed by atoms with van der Waals surface area (Å²) in [5.41, 5.74) is 8.35.